The Hall–Kier alpha value is -1.26. The molecule has 16 heavy (non-hydrogen) atoms. The van der Waals surface area contributed by atoms with Crippen LogP contribution in [0.3, 0.4) is 0 Å². The van der Waals surface area contributed by atoms with Crippen molar-refractivity contribution in [1.29, 1.82) is 0 Å². The van der Waals surface area contributed by atoms with Crippen molar-refractivity contribution in [3.05, 3.63) is 29.3 Å². The minimum atomic E-state index is -0.648. The molecule has 0 aliphatic carbocycles. The number of nitrogens with one attached hydrogen (secondary N) is 1. The SMILES string of the molecule is CC(C)C(Oc1ccccc1Cl)C(=O)NN. The van der Waals surface area contributed by atoms with Crippen LogP contribution in [0.1, 0.15) is 13.8 Å². The molecular weight excluding hydrogens is 228 g/mol. The van der Waals surface area contributed by atoms with Gasteiger partial charge in [-0.25, -0.2) is 5.84 Å². The summed E-state index contributed by atoms with van der Waals surface area (Å²) in [6.45, 7) is 3.74. The van der Waals surface area contributed by atoms with E-state index in [2.05, 4.69) is 5.43 Å². The Morgan fingerprint density at radius 1 is 1.44 bits per heavy atom. The van der Waals surface area contributed by atoms with Crippen molar-refractivity contribution < 1.29 is 9.53 Å². The molecule has 1 atom stereocenters. The largest absolute Gasteiger partial charge is 0.479 e. The maximum Gasteiger partial charge on any atom is 0.275 e. The number of nitrogens with two attached hydrogens (primary N) is 1. The fourth-order valence-electron chi connectivity index (χ4n) is 1.25. The van der Waals surface area contributed by atoms with Gasteiger partial charge in [-0.15, -0.1) is 0 Å². The number of carbonyl (C=O) groups excluding carboxylic acids is 1. The lowest BCUT2D eigenvalue weighted by atomic mass is 10.1. The molecule has 0 aliphatic heterocycles. The number of halogens is 1. The van der Waals surface area contributed by atoms with E-state index >= 15 is 0 Å². The van der Waals surface area contributed by atoms with E-state index in [9.17, 15) is 4.79 Å². The standard InChI is InChI=1S/C11H15ClN2O2/c1-7(2)10(11(15)14-13)16-9-6-4-3-5-8(9)12/h3-7,10H,13H2,1-2H3,(H,14,15). The van der Waals surface area contributed by atoms with Crippen LogP contribution in [0, 0.1) is 5.92 Å². The molecule has 5 heteroatoms. The van der Waals surface area contributed by atoms with Crippen molar-refractivity contribution in [3.63, 3.8) is 0 Å². The van der Waals surface area contributed by atoms with Gasteiger partial charge in [0.05, 0.1) is 5.02 Å². The molecule has 0 spiro atoms. The molecular formula is C11H15ClN2O2. The van der Waals surface area contributed by atoms with Crippen molar-refractivity contribution in [2.75, 3.05) is 0 Å². The zero-order valence-electron chi connectivity index (χ0n) is 9.24. The second kappa shape index (κ2) is 5.72. The van der Waals surface area contributed by atoms with E-state index in [4.69, 9.17) is 22.2 Å². The first-order valence-corrected chi connectivity index (χ1v) is 5.35. The first-order valence-electron chi connectivity index (χ1n) is 4.98. The molecule has 0 heterocycles. The average molecular weight is 243 g/mol. The maximum atomic E-state index is 11.5. The summed E-state index contributed by atoms with van der Waals surface area (Å²) in [5.74, 6) is 5.20. The Morgan fingerprint density at radius 2 is 2.06 bits per heavy atom. The molecule has 0 saturated heterocycles. The summed E-state index contributed by atoms with van der Waals surface area (Å²) in [4.78, 5) is 11.5. The Kier molecular flexibility index (Phi) is 4.58. The Labute approximate surface area is 99.7 Å². The molecule has 1 aromatic rings. The normalized spacial score (nSPS) is 12.3. The number of rotatable bonds is 4. The molecule has 88 valence electrons. The summed E-state index contributed by atoms with van der Waals surface area (Å²) in [7, 11) is 0. The van der Waals surface area contributed by atoms with Gasteiger partial charge in [0, 0.05) is 0 Å². The monoisotopic (exact) mass is 242 g/mol. The van der Waals surface area contributed by atoms with Gasteiger partial charge >= 0.3 is 0 Å². The number of benzene rings is 1. The van der Waals surface area contributed by atoms with Gasteiger partial charge in [0.15, 0.2) is 6.10 Å². The second-order valence-corrected chi connectivity index (χ2v) is 4.13. The number of ether oxygens (including phenoxy) is 1. The number of hydrogen-bond donors (Lipinski definition) is 2. The molecule has 1 rings (SSSR count). The number of para-hydroxylation sites is 1. The van der Waals surface area contributed by atoms with Crippen LogP contribution in [-0.4, -0.2) is 12.0 Å². The van der Waals surface area contributed by atoms with Crippen LogP contribution in [0.5, 0.6) is 5.75 Å². The summed E-state index contributed by atoms with van der Waals surface area (Å²) in [5.41, 5.74) is 2.08. The predicted octanol–water partition coefficient (Wildman–Crippen LogP) is 1.73. The van der Waals surface area contributed by atoms with Crippen LogP contribution in [0.4, 0.5) is 0 Å². The fraction of sp³-hybridized carbons (Fsp3) is 0.364. The molecule has 4 nitrogen and oxygen atoms in total. The Bertz CT molecular complexity index is 369. The van der Waals surface area contributed by atoms with Crippen molar-refractivity contribution in [2.45, 2.75) is 20.0 Å². The van der Waals surface area contributed by atoms with Crippen LogP contribution >= 0.6 is 11.6 Å². The smallest absolute Gasteiger partial charge is 0.275 e. The van der Waals surface area contributed by atoms with E-state index in [1.165, 1.54) is 0 Å². The van der Waals surface area contributed by atoms with E-state index in [-0.39, 0.29) is 11.8 Å². The third kappa shape index (κ3) is 3.12. The van der Waals surface area contributed by atoms with Crippen molar-refractivity contribution in [3.8, 4) is 5.75 Å². The number of hydrogen-bond acceptors (Lipinski definition) is 3. The number of carbonyl (C=O) groups is 1. The summed E-state index contributed by atoms with van der Waals surface area (Å²) in [6, 6.07) is 7.00. The van der Waals surface area contributed by atoms with Gasteiger partial charge in [0.2, 0.25) is 0 Å². The molecule has 0 fully saturated rings. The van der Waals surface area contributed by atoms with Crippen molar-refractivity contribution in [2.24, 2.45) is 11.8 Å². The van der Waals surface area contributed by atoms with E-state index in [0.717, 1.165) is 0 Å². The minimum absolute atomic E-state index is 0.000164. The van der Waals surface area contributed by atoms with E-state index in [1.54, 1.807) is 24.3 Å². The lowest BCUT2D eigenvalue weighted by molar-refractivity contribution is -0.129. The molecule has 0 saturated carbocycles. The molecule has 0 bridgehead atoms. The van der Waals surface area contributed by atoms with Crippen LogP contribution < -0.4 is 16.0 Å². The highest BCUT2D eigenvalue weighted by Gasteiger charge is 2.24. The van der Waals surface area contributed by atoms with Crippen molar-refractivity contribution in [1.82, 2.24) is 5.43 Å². The van der Waals surface area contributed by atoms with Gasteiger partial charge in [-0.2, -0.15) is 0 Å². The quantitative estimate of drug-likeness (QED) is 0.480. The molecule has 3 N–H and O–H groups in total. The van der Waals surface area contributed by atoms with Gasteiger partial charge in [0.1, 0.15) is 5.75 Å². The van der Waals surface area contributed by atoms with Crippen LogP contribution in [0.25, 0.3) is 0 Å². The number of hydrazine groups is 1. The molecule has 1 amide bonds. The zero-order chi connectivity index (χ0) is 12.1. The van der Waals surface area contributed by atoms with Gasteiger partial charge in [-0.3, -0.25) is 10.2 Å². The highest BCUT2D eigenvalue weighted by molar-refractivity contribution is 6.32. The molecule has 0 radical (unpaired) electrons. The summed E-state index contributed by atoms with van der Waals surface area (Å²) in [6.07, 6.45) is -0.648. The zero-order valence-corrected chi connectivity index (χ0v) is 9.99. The van der Waals surface area contributed by atoms with Gasteiger partial charge in [-0.05, 0) is 18.1 Å². The maximum absolute atomic E-state index is 11.5. The van der Waals surface area contributed by atoms with E-state index < -0.39 is 6.10 Å². The lowest BCUT2D eigenvalue weighted by Crippen LogP contribution is -2.44. The van der Waals surface area contributed by atoms with Gasteiger partial charge in [0.25, 0.3) is 5.91 Å². The third-order valence-electron chi connectivity index (χ3n) is 2.10. The number of amides is 1. The second-order valence-electron chi connectivity index (χ2n) is 3.72. The van der Waals surface area contributed by atoms with Crippen LogP contribution in [0.2, 0.25) is 5.02 Å². The average Bonchev–Trinajstić information content (AvgIpc) is 2.26. The van der Waals surface area contributed by atoms with Crippen molar-refractivity contribution >= 4 is 17.5 Å². The Morgan fingerprint density at radius 3 is 2.56 bits per heavy atom. The Balaban J connectivity index is 2.84. The van der Waals surface area contributed by atoms with Crippen LogP contribution in [-0.2, 0) is 4.79 Å². The first kappa shape index (κ1) is 12.8. The first-order chi connectivity index (χ1) is 7.56. The highest BCUT2D eigenvalue weighted by Crippen LogP contribution is 2.25. The van der Waals surface area contributed by atoms with Gasteiger partial charge < -0.3 is 4.74 Å². The molecule has 1 unspecified atom stereocenters. The molecule has 0 aromatic heterocycles. The molecule has 1 aromatic carbocycles. The topological polar surface area (TPSA) is 64.3 Å². The minimum Gasteiger partial charge on any atom is -0.479 e. The van der Waals surface area contributed by atoms with Gasteiger partial charge in [-0.1, -0.05) is 37.6 Å². The highest BCUT2D eigenvalue weighted by atomic mass is 35.5. The van der Waals surface area contributed by atoms with E-state index in [1.807, 2.05) is 13.8 Å². The lowest BCUT2D eigenvalue weighted by Gasteiger charge is -2.21. The molecule has 0 aliphatic rings. The van der Waals surface area contributed by atoms with E-state index in [0.29, 0.717) is 10.8 Å². The summed E-state index contributed by atoms with van der Waals surface area (Å²) < 4.78 is 5.54. The third-order valence-corrected chi connectivity index (χ3v) is 2.41. The predicted molar refractivity (Wildman–Crippen MR) is 63.0 cm³/mol. The van der Waals surface area contributed by atoms with Crippen LogP contribution in [0.15, 0.2) is 24.3 Å². The summed E-state index contributed by atoms with van der Waals surface area (Å²) >= 11 is 5.93. The summed E-state index contributed by atoms with van der Waals surface area (Å²) in [5, 5.41) is 0.470. The fourth-order valence-corrected chi connectivity index (χ4v) is 1.43.